The van der Waals surface area contributed by atoms with E-state index >= 15 is 0 Å². The maximum absolute atomic E-state index is 13.0. The number of oxazole rings is 2. The molecule has 0 fully saturated rings. The Morgan fingerprint density at radius 2 is 1.06 bits per heavy atom. The lowest BCUT2D eigenvalue weighted by Crippen LogP contribution is -2.32. The van der Waals surface area contributed by atoms with Crippen LogP contribution in [0.15, 0.2) is 74.4 Å². The van der Waals surface area contributed by atoms with Crippen LogP contribution in [-0.4, -0.2) is 122 Å². The molecule has 4 amide bonds. The minimum absolute atomic E-state index is 0.141. The van der Waals surface area contributed by atoms with Crippen LogP contribution in [0.1, 0.15) is 107 Å². The Balaban J connectivity index is 0.000000330. The van der Waals surface area contributed by atoms with Crippen molar-refractivity contribution in [3.63, 3.8) is 0 Å². The molecule has 0 saturated heterocycles. The summed E-state index contributed by atoms with van der Waals surface area (Å²) in [6.07, 6.45) is 5.41. The zero-order valence-electron chi connectivity index (χ0n) is 36.1. The van der Waals surface area contributed by atoms with Gasteiger partial charge in [-0.05, 0) is 95.8 Å². The molecule has 2 N–H and O–H groups in total. The van der Waals surface area contributed by atoms with E-state index in [1.165, 1.54) is 12.5 Å². The second-order valence-corrected chi connectivity index (χ2v) is 14.8. The van der Waals surface area contributed by atoms with Crippen molar-refractivity contribution in [2.75, 3.05) is 79.0 Å². The third-order valence-corrected chi connectivity index (χ3v) is 9.46. The van der Waals surface area contributed by atoms with Crippen LogP contribution in [0.2, 0.25) is 5.02 Å². The average Bonchev–Trinajstić information content (AvgIpc) is 3.96. The summed E-state index contributed by atoms with van der Waals surface area (Å²) in [4.78, 5) is 62.2. The predicted molar refractivity (Wildman–Crippen MR) is 237 cm³/mol. The number of carbonyl (C=O) groups is 4. The molecule has 0 radical (unpaired) electrons. The number of amides is 4. The Morgan fingerprint density at radius 3 is 1.50 bits per heavy atom. The van der Waals surface area contributed by atoms with Crippen molar-refractivity contribution in [2.24, 2.45) is 0 Å². The van der Waals surface area contributed by atoms with Gasteiger partial charge in [0, 0.05) is 99.7 Å². The third kappa shape index (κ3) is 19.6. The van der Waals surface area contributed by atoms with Crippen LogP contribution in [0.4, 0.5) is 0 Å². The smallest absolute Gasteiger partial charge is 0.273 e. The molecule has 18 heteroatoms. The van der Waals surface area contributed by atoms with Crippen molar-refractivity contribution < 1.29 is 47.0 Å². The molecular formula is C44H60BrClN6O10. The molecule has 0 bridgehead atoms. The summed E-state index contributed by atoms with van der Waals surface area (Å²) in [5.74, 6) is -0.352. The highest BCUT2D eigenvalue weighted by Crippen LogP contribution is 2.17. The summed E-state index contributed by atoms with van der Waals surface area (Å²) in [5.41, 5.74) is 1.44. The van der Waals surface area contributed by atoms with Crippen LogP contribution in [-0.2, 0) is 32.0 Å². The molecule has 4 rings (SSSR count). The maximum atomic E-state index is 13.0. The van der Waals surface area contributed by atoms with Gasteiger partial charge in [0.25, 0.3) is 23.6 Å². The number of nitrogens with one attached hydrogen (secondary N) is 2. The Labute approximate surface area is 377 Å². The fourth-order valence-corrected chi connectivity index (χ4v) is 6.14. The Kier molecular flexibility index (Phi) is 25.4. The first-order chi connectivity index (χ1) is 30.1. The molecule has 0 saturated carbocycles. The summed E-state index contributed by atoms with van der Waals surface area (Å²) >= 11 is 9.33. The number of rotatable bonds is 28. The van der Waals surface area contributed by atoms with Crippen LogP contribution in [0.25, 0.3) is 0 Å². The minimum atomic E-state index is -0.321. The molecule has 2 aromatic carbocycles. The first-order valence-electron chi connectivity index (χ1n) is 21.0. The van der Waals surface area contributed by atoms with Crippen molar-refractivity contribution >= 4 is 51.2 Å². The second-order valence-electron chi connectivity index (χ2n) is 13.4. The van der Waals surface area contributed by atoms with Crippen molar-refractivity contribution in [1.82, 2.24) is 30.4 Å². The van der Waals surface area contributed by atoms with Gasteiger partial charge in [-0.25, -0.2) is 9.97 Å². The minimum Gasteiger partial charge on any atom is -0.446 e. The van der Waals surface area contributed by atoms with E-state index in [2.05, 4.69) is 36.5 Å². The average molecular weight is 948 g/mol. The Bertz CT molecular complexity index is 1910. The van der Waals surface area contributed by atoms with E-state index in [0.717, 1.165) is 10.9 Å². The number of ether oxygens (including phenoxy) is 4. The van der Waals surface area contributed by atoms with E-state index in [-0.39, 0.29) is 54.0 Å². The van der Waals surface area contributed by atoms with Crippen LogP contribution in [0.3, 0.4) is 0 Å². The molecule has 4 aromatic rings. The van der Waals surface area contributed by atoms with Crippen LogP contribution in [0, 0.1) is 0 Å². The summed E-state index contributed by atoms with van der Waals surface area (Å²) in [5, 5.41) is 6.12. The van der Waals surface area contributed by atoms with E-state index in [0.29, 0.717) is 120 Å². The first-order valence-corrected chi connectivity index (χ1v) is 22.1. The molecule has 2 heterocycles. The molecule has 62 heavy (non-hydrogen) atoms. The largest absolute Gasteiger partial charge is 0.446 e. The first kappa shape index (κ1) is 51.7. The van der Waals surface area contributed by atoms with Gasteiger partial charge in [-0.15, -0.1) is 0 Å². The zero-order chi connectivity index (χ0) is 45.0. The second kappa shape index (κ2) is 30.4. The lowest BCUT2D eigenvalue weighted by atomic mass is 10.2. The topological polar surface area (TPSA) is 188 Å². The molecule has 0 spiro atoms. The number of hydrogen-bond donors (Lipinski definition) is 2. The Hall–Kier alpha value is -4.65. The fourth-order valence-electron chi connectivity index (χ4n) is 5.61. The molecule has 0 aliphatic rings. The monoisotopic (exact) mass is 946 g/mol. The van der Waals surface area contributed by atoms with Crippen LogP contribution >= 0.6 is 27.5 Å². The van der Waals surface area contributed by atoms with E-state index < -0.39 is 0 Å². The zero-order valence-corrected chi connectivity index (χ0v) is 38.5. The van der Waals surface area contributed by atoms with Crippen molar-refractivity contribution in [3.05, 3.63) is 105 Å². The highest BCUT2D eigenvalue weighted by molar-refractivity contribution is 9.10. The van der Waals surface area contributed by atoms with Gasteiger partial charge in [0.2, 0.25) is 11.8 Å². The van der Waals surface area contributed by atoms with Crippen LogP contribution in [0.5, 0.6) is 0 Å². The van der Waals surface area contributed by atoms with Gasteiger partial charge in [0.05, 0.1) is 13.1 Å². The number of halogens is 2. The van der Waals surface area contributed by atoms with E-state index in [9.17, 15) is 19.2 Å². The third-order valence-electron chi connectivity index (χ3n) is 8.71. The van der Waals surface area contributed by atoms with Gasteiger partial charge in [-0.2, -0.15) is 0 Å². The molecular weight excluding hydrogens is 888 g/mol. The predicted octanol–water partition coefficient (Wildman–Crippen LogP) is 7.22. The van der Waals surface area contributed by atoms with Gasteiger partial charge >= 0.3 is 0 Å². The van der Waals surface area contributed by atoms with Crippen molar-refractivity contribution in [2.45, 2.75) is 66.5 Å². The molecule has 0 atom stereocenters. The Morgan fingerprint density at radius 1 is 0.629 bits per heavy atom. The normalized spacial score (nSPS) is 10.8. The van der Waals surface area contributed by atoms with Gasteiger partial charge < -0.3 is 48.2 Å². The van der Waals surface area contributed by atoms with E-state index in [1.807, 2.05) is 39.8 Å². The highest BCUT2D eigenvalue weighted by atomic mass is 79.9. The SMILES string of the molecule is CCOCCCNC(=O)c1coc(CN(CCCOCC)C(=O)c2ccc(Cl)cc2)n1.CCOCCCNC(=O)c1coc(CN(CCCOCC)C(=O)c2cccc(Br)c2)n1. The number of carbonyl (C=O) groups excluding carboxylic acids is 4. The number of nitrogens with zero attached hydrogens (tertiary/aromatic N) is 4. The highest BCUT2D eigenvalue weighted by Gasteiger charge is 2.22. The summed E-state index contributed by atoms with van der Waals surface area (Å²) in [6.45, 7) is 14.8. The maximum Gasteiger partial charge on any atom is 0.273 e. The summed E-state index contributed by atoms with van der Waals surface area (Å²) in [6, 6.07) is 13.9. The lowest BCUT2D eigenvalue weighted by Gasteiger charge is -2.21. The summed E-state index contributed by atoms with van der Waals surface area (Å²) < 4.78 is 33.0. The van der Waals surface area contributed by atoms with Gasteiger partial charge in [0.1, 0.15) is 12.5 Å². The molecule has 0 aliphatic carbocycles. The van der Waals surface area contributed by atoms with E-state index in [1.54, 1.807) is 46.2 Å². The molecule has 340 valence electrons. The lowest BCUT2D eigenvalue weighted by molar-refractivity contribution is 0.0688. The molecule has 16 nitrogen and oxygen atoms in total. The summed E-state index contributed by atoms with van der Waals surface area (Å²) in [7, 11) is 0. The standard InChI is InChI=1S/C22H30BrN3O5.C22H30ClN3O5/c1-3-29-12-6-10-24-21(27)19-16-31-20(25-19)15-26(11-7-13-30-4-2)22(28)17-8-5-9-18(23)14-17;1-3-29-13-5-11-24-21(27)19-16-31-20(25-19)15-26(12-6-14-30-4-2)22(28)17-7-9-18(23)10-8-17/h5,8-9,14,16H,3-4,6-7,10-13,15H2,1-2H3,(H,24,27);7-10,16H,3-6,11-15H2,1-2H3,(H,24,27). The quantitative estimate of drug-likeness (QED) is 0.0546. The fraction of sp³-hybridized carbons (Fsp3) is 0.500. The van der Waals surface area contributed by atoms with E-state index in [4.69, 9.17) is 39.4 Å². The number of hydrogen-bond acceptors (Lipinski definition) is 12. The van der Waals surface area contributed by atoms with Crippen molar-refractivity contribution in [1.29, 1.82) is 0 Å². The molecule has 2 aromatic heterocycles. The van der Waals surface area contributed by atoms with Gasteiger partial charge in [-0.1, -0.05) is 33.6 Å². The van der Waals surface area contributed by atoms with Crippen LogP contribution < -0.4 is 10.6 Å². The number of benzene rings is 2. The van der Waals surface area contributed by atoms with Gasteiger partial charge in [-0.3, -0.25) is 19.2 Å². The van der Waals surface area contributed by atoms with Gasteiger partial charge in [0.15, 0.2) is 11.4 Å². The molecule has 0 aliphatic heterocycles. The van der Waals surface area contributed by atoms with Crippen molar-refractivity contribution in [3.8, 4) is 0 Å². The number of aromatic nitrogens is 2. The molecule has 0 unspecified atom stereocenters.